The number of thiophene rings is 1. The molecule has 0 radical (unpaired) electrons. The summed E-state index contributed by atoms with van der Waals surface area (Å²) >= 11 is 1.43. The number of nitrogens with one attached hydrogen (secondary N) is 2. The average Bonchev–Trinajstić information content (AvgIpc) is 3.28. The monoisotopic (exact) mass is 554 g/mol. The molecule has 0 spiro atoms. The lowest BCUT2D eigenvalue weighted by Gasteiger charge is -2.26. The van der Waals surface area contributed by atoms with Gasteiger partial charge in [0.15, 0.2) is 0 Å². The van der Waals surface area contributed by atoms with E-state index in [0.29, 0.717) is 16.1 Å². The molecule has 0 atom stereocenters. The molecule has 10 heteroatoms. The molecule has 0 saturated heterocycles. The van der Waals surface area contributed by atoms with Gasteiger partial charge in [0.25, 0.3) is 11.8 Å². The van der Waals surface area contributed by atoms with Gasteiger partial charge in [-0.2, -0.15) is 4.31 Å². The second-order valence-corrected chi connectivity index (χ2v) is 12.5. The first-order valence-electron chi connectivity index (χ1n) is 12.7. The van der Waals surface area contributed by atoms with Crippen molar-refractivity contribution in [1.29, 1.82) is 0 Å². The Morgan fingerprint density at radius 2 is 1.74 bits per heavy atom. The number of carbonyl (C=O) groups is 2. The maximum absolute atomic E-state index is 13.4. The van der Waals surface area contributed by atoms with Crippen LogP contribution in [0.15, 0.2) is 59.5 Å². The van der Waals surface area contributed by atoms with E-state index in [-0.39, 0.29) is 23.4 Å². The zero-order chi connectivity index (χ0) is 27.4. The molecule has 2 N–H and O–H groups in total. The van der Waals surface area contributed by atoms with E-state index >= 15 is 0 Å². The van der Waals surface area contributed by atoms with Gasteiger partial charge in [-0.3, -0.25) is 14.5 Å². The van der Waals surface area contributed by atoms with Crippen LogP contribution in [0.3, 0.4) is 0 Å². The molecule has 0 saturated carbocycles. The molecule has 1 aromatic heterocycles. The van der Waals surface area contributed by atoms with Gasteiger partial charge in [0.05, 0.1) is 10.5 Å². The average molecular weight is 555 g/mol. The summed E-state index contributed by atoms with van der Waals surface area (Å²) in [6.07, 6.45) is 0.750. The van der Waals surface area contributed by atoms with Crippen LogP contribution in [0.25, 0.3) is 0 Å². The highest BCUT2D eigenvalue weighted by Gasteiger charge is 2.29. The molecule has 1 aliphatic rings. The normalized spacial score (nSPS) is 13.9. The summed E-state index contributed by atoms with van der Waals surface area (Å²) in [4.78, 5) is 29.4. The van der Waals surface area contributed by atoms with E-state index in [4.69, 9.17) is 0 Å². The minimum Gasteiger partial charge on any atom is -0.355 e. The molecule has 2 heterocycles. The van der Waals surface area contributed by atoms with Gasteiger partial charge >= 0.3 is 0 Å². The predicted molar refractivity (Wildman–Crippen MR) is 151 cm³/mol. The smallest absolute Gasteiger partial charge is 0.256 e. The summed E-state index contributed by atoms with van der Waals surface area (Å²) < 4.78 is 28.3. The number of rotatable bonds is 9. The van der Waals surface area contributed by atoms with Gasteiger partial charge in [-0.15, -0.1) is 11.3 Å². The Balaban J connectivity index is 1.56. The van der Waals surface area contributed by atoms with Gasteiger partial charge in [-0.05, 0) is 62.2 Å². The summed E-state index contributed by atoms with van der Waals surface area (Å²) in [6.45, 7) is 8.57. The number of hydrogen-bond acceptors (Lipinski definition) is 6. The van der Waals surface area contributed by atoms with Crippen molar-refractivity contribution in [2.45, 2.75) is 51.2 Å². The lowest BCUT2D eigenvalue weighted by Crippen LogP contribution is -2.36. The van der Waals surface area contributed by atoms with E-state index in [9.17, 15) is 18.0 Å². The molecule has 0 aliphatic carbocycles. The lowest BCUT2D eigenvalue weighted by atomic mass is 10.0. The van der Waals surface area contributed by atoms with E-state index in [1.807, 2.05) is 44.2 Å². The van der Waals surface area contributed by atoms with Crippen molar-refractivity contribution in [3.8, 4) is 0 Å². The number of hydrogen-bond donors (Lipinski definition) is 2. The van der Waals surface area contributed by atoms with Crippen LogP contribution < -0.4 is 10.6 Å². The van der Waals surface area contributed by atoms with Gasteiger partial charge in [-0.1, -0.05) is 37.3 Å². The fourth-order valence-electron chi connectivity index (χ4n) is 4.58. The van der Waals surface area contributed by atoms with Crippen molar-refractivity contribution in [2.24, 2.45) is 0 Å². The molecule has 1 aliphatic heterocycles. The van der Waals surface area contributed by atoms with Gasteiger partial charge in [-0.25, -0.2) is 8.42 Å². The predicted octanol–water partition coefficient (Wildman–Crippen LogP) is 4.34. The fraction of sp³-hybridized carbons (Fsp3) is 0.357. The maximum Gasteiger partial charge on any atom is 0.256 e. The highest BCUT2D eigenvalue weighted by molar-refractivity contribution is 7.89. The highest BCUT2D eigenvalue weighted by Crippen LogP contribution is 2.37. The van der Waals surface area contributed by atoms with Crippen LogP contribution in [0.4, 0.5) is 5.00 Å². The summed E-state index contributed by atoms with van der Waals surface area (Å²) in [7, 11) is -2.21. The molecular formula is C28H34N4O4S2. The van der Waals surface area contributed by atoms with Gasteiger partial charge in [0.2, 0.25) is 10.0 Å². The Kier molecular flexibility index (Phi) is 8.67. The summed E-state index contributed by atoms with van der Waals surface area (Å²) in [5.74, 6) is -0.619. The molecular weight excluding hydrogens is 520 g/mol. The van der Waals surface area contributed by atoms with Crippen LogP contribution in [0.2, 0.25) is 0 Å². The molecule has 2 aromatic carbocycles. The number of carbonyl (C=O) groups excluding carboxylic acids is 2. The minimum absolute atomic E-state index is 0.121. The quantitative estimate of drug-likeness (QED) is 0.410. The first kappa shape index (κ1) is 28.0. The Labute approximate surface area is 228 Å². The van der Waals surface area contributed by atoms with Crippen molar-refractivity contribution in [2.75, 3.05) is 25.5 Å². The molecule has 38 heavy (non-hydrogen) atoms. The van der Waals surface area contributed by atoms with E-state index in [0.717, 1.165) is 42.1 Å². The number of amides is 2. The first-order valence-corrected chi connectivity index (χ1v) is 15.0. The third kappa shape index (κ3) is 5.83. The van der Waals surface area contributed by atoms with Gasteiger partial charge < -0.3 is 10.6 Å². The summed E-state index contributed by atoms with van der Waals surface area (Å²) in [6, 6.07) is 15.1. The van der Waals surface area contributed by atoms with Crippen LogP contribution in [-0.4, -0.2) is 55.6 Å². The Hall–Kier alpha value is -3.05. The Morgan fingerprint density at radius 1 is 1.05 bits per heavy atom. The zero-order valence-electron chi connectivity index (χ0n) is 22.2. The van der Waals surface area contributed by atoms with Gasteiger partial charge in [0.1, 0.15) is 5.00 Å². The SMILES string of the molecule is CCN1CCc2c(sc(NC(=O)c3ccc(S(=O)(=O)N(Cc4ccccc4)C(C)C)cc3)c2C(=O)NC)C1. The summed E-state index contributed by atoms with van der Waals surface area (Å²) in [5, 5.41) is 6.11. The van der Waals surface area contributed by atoms with Crippen LogP contribution in [0.1, 0.15) is 57.5 Å². The standard InChI is InChI=1S/C28H34N4O4S2/c1-5-31-16-15-23-24(18-31)37-28(25(23)27(34)29-4)30-26(33)21-11-13-22(14-12-21)38(35,36)32(19(2)3)17-20-9-7-6-8-10-20/h6-14,19H,5,15-18H2,1-4H3,(H,29,34)(H,30,33). The number of sulfonamides is 1. The highest BCUT2D eigenvalue weighted by atomic mass is 32.2. The van der Waals surface area contributed by atoms with E-state index in [2.05, 4.69) is 22.5 Å². The van der Waals surface area contributed by atoms with Crippen molar-refractivity contribution in [3.05, 3.63) is 81.7 Å². The second-order valence-electron chi connectivity index (χ2n) is 9.51. The fourth-order valence-corrected chi connectivity index (χ4v) is 7.48. The molecule has 0 fully saturated rings. The van der Waals surface area contributed by atoms with E-state index in [1.165, 1.54) is 39.9 Å². The maximum atomic E-state index is 13.4. The number of nitrogens with zero attached hydrogens (tertiary/aromatic N) is 2. The van der Waals surface area contributed by atoms with Crippen LogP contribution in [-0.2, 0) is 29.5 Å². The van der Waals surface area contributed by atoms with Crippen molar-refractivity contribution in [3.63, 3.8) is 0 Å². The zero-order valence-corrected chi connectivity index (χ0v) is 23.8. The van der Waals surface area contributed by atoms with Crippen molar-refractivity contribution < 1.29 is 18.0 Å². The molecule has 202 valence electrons. The first-order chi connectivity index (χ1) is 18.1. The summed E-state index contributed by atoms with van der Waals surface area (Å²) in [5.41, 5.74) is 2.72. The van der Waals surface area contributed by atoms with Crippen LogP contribution in [0, 0.1) is 0 Å². The third-order valence-corrected chi connectivity index (χ3v) is 9.91. The number of likely N-dealkylation sites (N-methyl/N-ethyl adjacent to an activating group) is 1. The largest absolute Gasteiger partial charge is 0.355 e. The van der Waals surface area contributed by atoms with E-state index in [1.54, 1.807) is 7.05 Å². The van der Waals surface area contributed by atoms with Gasteiger partial charge in [0, 0.05) is 43.2 Å². The third-order valence-electron chi connectivity index (χ3n) is 6.74. The molecule has 4 rings (SSSR count). The molecule has 2 amide bonds. The lowest BCUT2D eigenvalue weighted by molar-refractivity contribution is 0.0962. The second kappa shape index (κ2) is 11.8. The van der Waals surface area contributed by atoms with E-state index < -0.39 is 15.9 Å². The Bertz CT molecular complexity index is 1400. The molecule has 0 bridgehead atoms. The van der Waals surface area contributed by atoms with Crippen molar-refractivity contribution in [1.82, 2.24) is 14.5 Å². The van der Waals surface area contributed by atoms with Crippen LogP contribution >= 0.6 is 11.3 Å². The molecule has 0 unspecified atom stereocenters. The molecule has 3 aromatic rings. The number of fused-ring (bicyclic) bond motifs is 1. The molecule has 8 nitrogen and oxygen atoms in total. The van der Waals surface area contributed by atoms with Crippen LogP contribution in [0.5, 0.6) is 0 Å². The van der Waals surface area contributed by atoms with Crippen molar-refractivity contribution >= 4 is 38.2 Å². The minimum atomic E-state index is -3.79. The number of anilines is 1. The Morgan fingerprint density at radius 3 is 2.34 bits per heavy atom. The number of benzene rings is 2. The topological polar surface area (TPSA) is 98.8 Å².